The SMILES string of the molecule is CC(C)(C)CC(c1ccc(-n2c3ccc(-c4ccc(N(c5ccc(-c6ccccc6)cc5)c5ccc6c(c5)C(C)(C)c5ccccc5-6)cc4)cc3c3cc(-c4ccc(N(c5ccc(-c6ccccc6)cc5)c5ccc6c(c5)C(C)(C)c5ccccc5-6)cc4)ccc32)cc1)C(C)(C)C. The Morgan fingerprint density at radius 2 is 0.619 bits per heavy atom. The number of benzene rings is 13. The van der Waals surface area contributed by atoms with Crippen LogP contribution in [-0.2, 0) is 10.8 Å². The van der Waals surface area contributed by atoms with E-state index in [1.54, 1.807) is 0 Å². The Morgan fingerprint density at radius 1 is 0.299 bits per heavy atom. The summed E-state index contributed by atoms with van der Waals surface area (Å²) in [6.07, 6.45) is 1.11. The molecule has 0 aliphatic heterocycles. The second kappa shape index (κ2) is 23.6. The third kappa shape index (κ3) is 11.0. The van der Waals surface area contributed by atoms with E-state index in [0.717, 1.165) is 57.4 Å². The summed E-state index contributed by atoms with van der Waals surface area (Å²) in [6, 6.07) is 114. The quantitative estimate of drug-likeness (QED) is 0.114. The molecule has 0 saturated heterocycles. The second-order valence-electron chi connectivity index (χ2n) is 30.5. The van der Waals surface area contributed by atoms with Crippen LogP contribution >= 0.6 is 0 Å². The van der Waals surface area contributed by atoms with E-state index < -0.39 is 0 Å². The van der Waals surface area contributed by atoms with Gasteiger partial charge in [0, 0.05) is 61.4 Å². The molecule has 1 atom stereocenters. The van der Waals surface area contributed by atoms with Crippen molar-refractivity contribution >= 4 is 55.9 Å². The van der Waals surface area contributed by atoms with E-state index >= 15 is 0 Å². The van der Waals surface area contributed by atoms with Crippen LogP contribution in [-0.4, -0.2) is 4.57 Å². The maximum absolute atomic E-state index is 2.48. The molecule has 3 heteroatoms. The molecule has 0 radical (unpaired) electrons. The summed E-state index contributed by atoms with van der Waals surface area (Å²) in [5.74, 6) is 0.416. The number of nitrogens with zero attached hydrogens (tertiary/aromatic N) is 3. The maximum atomic E-state index is 2.48. The maximum Gasteiger partial charge on any atom is 0.0541 e. The van der Waals surface area contributed by atoms with Crippen LogP contribution in [0.5, 0.6) is 0 Å². The second-order valence-corrected chi connectivity index (χ2v) is 30.5. The van der Waals surface area contributed by atoms with E-state index in [4.69, 9.17) is 0 Å². The van der Waals surface area contributed by atoms with Crippen molar-refractivity contribution in [2.75, 3.05) is 9.80 Å². The summed E-state index contributed by atoms with van der Waals surface area (Å²) in [7, 11) is 0. The molecule has 0 saturated carbocycles. The Bertz CT molecular complexity index is 4980. The highest BCUT2D eigenvalue weighted by Crippen LogP contribution is 2.53. The van der Waals surface area contributed by atoms with Crippen LogP contribution in [0.3, 0.4) is 0 Å². The van der Waals surface area contributed by atoms with E-state index in [1.807, 2.05) is 0 Å². The molecule has 0 spiro atoms. The van der Waals surface area contributed by atoms with Crippen LogP contribution in [0.4, 0.5) is 34.1 Å². The molecule has 1 aromatic heterocycles. The number of fused-ring (bicyclic) bond motifs is 9. The lowest BCUT2D eigenvalue weighted by molar-refractivity contribution is 0.229. The van der Waals surface area contributed by atoms with Crippen molar-refractivity contribution in [3.05, 3.63) is 331 Å². The number of hydrogen-bond acceptors (Lipinski definition) is 2. The molecule has 97 heavy (non-hydrogen) atoms. The lowest BCUT2D eigenvalue weighted by Gasteiger charge is -2.36. The molecule has 2 aliphatic carbocycles. The molecule has 474 valence electrons. The average Bonchev–Trinajstić information content (AvgIpc) is 1.60. The topological polar surface area (TPSA) is 11.4 Å². The van der Waals surface area contributed by atoms with E-state index in [1.165, 1.54) is 105 Å². The molecule has 0 N–H and O–H groups in total. The molecule has 2 aliphatic rings. The van der Waals surface area contributed by atoms with Gasteiger partial charge in [0.2, 0.25) is 0 Å². The Balaban J connectivity index is 0.791. The molecular weight excluding hydrogens is 1170 g/mol. The predicted octanol–water partition coefficient (Wildman–Crippen LogP) is 26.6. The lowest BCUT2D eigenvalue weighted by Crippen LogP contribution is -2.23. The largest absolute Gasteiger partial charge is 0.310 e. The fraction of sp³-hybridized carbons (Fsp3) is 0.170. The van der Waals surface area contributed by atoms with Crippen molar-refractivity contribution < 1.29 is 0 Å². The smallest absolute Gasteiger partial charge is 0.0541 e. The van der Waals surface area contributed by atoms with E-state index in [-0.39, 0.29) is 21.7 Å². The standard InChI is InChI=1S/C94H83N3/c1-91(2,3)61-88(92(4,5)6)68-37-49-75(50-38-68)97-89-55-39-69(66-33-45-73(46-34-66)95(71-41-29-64(30-42-71)62-21-13-11-14-22-62)76-51-53-80-78-25-17-19-27-84(78)93(7,8)86(80)59-76)57-82(89)83-58-70(40-56-90(83)97)67-35-47-74(48-36-67)96(72-43-31-65(32-44-72)63-23-15-12-16-24-63)77-52-54-81-79-26-18-20-28-85(79)94(9,10)87(81)60-77/h11-60,88H,61H2,1-10H3. The van der Waals surface area contributed by atoms with Crippen molar-refractivity contribution in [3.63, 3.8) is 0 Å². The van der Waals surface area contributed by atoms with Crippen molar-refractivity contribution in [1.29, 1.82) is 0 Å². The fourth-order valence-corrected chi connectivity index (χ4v) is 16.1. The van der Waals surface area contributed by atoms with Crippen molar-refractivity contribution in [1.82, 2.24) is 4.57 Å². The lowest BCUT2D eigenvalue weighted by atomic mass is 9.69. The van der Waals surface area contributed by atoms with Crippen molar-refractivity contribution in [3.8, 4) is 72.4 Å². The molecule has 16 rings (SSSR count). The van der Waals surface area contributed by atoms with Gasteiger partial charge in [0.25, 0.3) is 0 Å². The first-order valence-corrected chi connectivity index (χ1v) is 34.6. The molecule has 14 aromatic rings. The molecule has 0 amide bonds. The van der Waals surface area contributed by atoms with Gasteiger partial charge in [0.15, 0.2) is 0 Å². The van der Waals surface area contributed by atoms with Gasteiger partial charge < -0.3 is 14.4 Å². The van der Waals surface area contributed by atoms with Crippen LogP contribution in [0.1, 0.15) is 109 Å². The van der Waals surface area contributed by atoms with E-state index in [2.05, 4.69) is 387 Å². The van der Waals surface area contributed by atoms with Gasteiger partial charge in [-0.2, -0.15) is 0 Å². The first-order chi connectivity index (χ1) is 46.8. The number of rotatable bonds is 13. The molecule has 1 heterocycles. The van der Waals surface area contributed by atoms with Crippen molar-refractivity contribution in [2.24, 2.45) is 10.8 Å². The van der Waals surface area contributed by atoms with Gasteiger partial charge in [-0.15, -0.1) is 0 Å². The summed E-state index contributed by atoms with van der Waals surface area (Å²) in [4.78, 5) is 4.85. The van der Waals surface area contributed by atoms with Crippen LogP contribution in [0.25, 0.3) is 94.3 Å². The number of hydrogen-bond donors (Lipinski definition) is 0. The summed E-state index contributed by atoms with van der Waals surface area (Å²) in [6.45, 7) is 23.8. The minimum absolute atomic E-state index is 0.113. The molecule has 3 nitrogen and oxygen atoms in total. The Hall–Kier alpha value is -10.7. The Morgan fingerprint density at radius 3 is 0.990 bits per heavy atom. The van der Waals surface area contributed by atoms with E-state index in [0.29, 0.717) is 5.92 Å². The van der Waals surface area contributed by atoms with Crippen LogP contribution in [0.2, 0.25) is 0 Å². The van der Waals surface area contributed by atoms with Gasteiger partial charge >= 0.3 is 0 Å². The number of aromatic nitrogens is 1. The average molecular weight is 1250 g/mol. The molecular formula is C94H83N3. The number of anilines is 6. The molecule has 0 bridgehead atoms. The summed E-state index contributed by atoms with van der Waals surface area (Å²) in [5.41, 5.74) is 31.8. The fourth-order valence-electron chi connectivity index (χ4n) is 16.1. The van der Waals surface area contributed by atoms with Crippen LogP contribution in [0, 0.1) is 10.8 Å². The monoisotopic (exact) mass is 1250 g/mol. The van der Waals surface area contributed by atoms with Gasteiger partial charge in [-0.1, -0.05) is 263 Å². The molecule has 0 fully saturated rings. The van der Waals surface area contributed by atoms with Gasteiger partial charge in [-0.25, -0.2) is 0 Å². The summed E-state index contributed by atoms with van der Waals surface area (Å²) in [5, 5.41) is 2.43. The van der Waals surface area contributed by atoms with Gasteiger partial charge in [-0.3, -0.25) is 0 Å². The minimum Gasteiger partial charge on any atom is -0.310 e. The molecule has 1 unspecified atom stereocenters. The van der Waals surface area contributed by atoms with Gasteiger partial charge in [-0.05, 0) is 227 Å². The summed E-state index contributed by atoms with van der Waals surface area (Å²) >= 11 is 0. The third-order valence-electron chi connectivity index (χ3n) is 21.2. The minimum atomic E-state index is -0.137. The zero-order chi connectivity index (χ0) is 66.5. The van der Waals surface area contributed by atoms with Crippen LogP contribution < -0.4 is 9.80 Å². The van der Waals surface area contributed by atoms with E-state index in [9.17, 15) is 0 Å². The Kier molecular flexibility index (Phi) is 14.9. The summed E-state index contributed by atoms with van der Waals surface area (Å²) < 4.78 is 2.48. The normalized spacial score (nSPS) is 13.8. The molecule has 13 aromatic carbocycles. The van der Waals surface area contributed by atoms with Crippen LogP contribution in [0.15, 0.2) is 303 Å². The predicted molar refractivity (Wildman–Crippen MR) is 413 cm³/mol. The zero-order valence-corrected chi connectivity index (χ0v) is 57.5. The van der Waals surface area contributed by atoms with Gasteiger partial charge in [0.05, 0.1) is 11.0 Å². The van der Waals surface area contributed by atoms with Crippen molar-refractivity contribution in [2.45, 2.75) is 92.4 Å². The highest BCUT2D eigenvalue weighted by Gasteiger charge is 2.38. The highest BCUT2D eigenvalue weighted by atomic mass is 15.1. The first-order valence-electron chi connectivity index (χ1n) is 34.6. The highest BCUT2D eigenvalue weighted by molar-refractivity contribution is 6.12. The first kappa shape index (κ1) is 61.2. The van der Waals surface area contributed by atoms with Gasteiger partial charge in [0.1, 0.15) is 0 Å². The zero-order valence-electron chi connectivity index (χ0n) is 57.5. The third-order valence-corrected chi connectivity index (χ3v) is 21.2. The Labute approximate surface area is 573 Å².